The van der Waals surface area contributed by atoms with Crippen molar-refractivity contribution in [3.63, 3.8) is 0 Å². The first kappa shape index (κ1) is 32.7. The molecule has 0 bridgehead atoms. The van der Waals surface area contributed by atoms with E-state index in [2.05, 4.69) is 12.6 Å². The third-order valence-corrected chi connectivity index (χ3v) is 6.65. The normalized spacial score (nSPS) is 21.0. The van der Waals surface area contributed by atoms with Crippen molar-refractivity contribution < 1.29 is 47.6 Å². The molecule has 15 heteroatoms. The molecular weight excluding hydrogens is 586 g/mol. The Morgan fingerprint density at radius 2 is 1.40 bits per heavy atom. The molecule has 0 spiro atoms. The van der Waals surface area contributed by atoms with Gasteiger partial charge in [0, 0.05) is 33.3 Å². The zero-order valence-corrected chi connectivity index (χ0v) is 24.6. The molecule has 0 N–H and O–H groups in total. The molecule has 2 aromatic rings. The van der Waals surface area contributed by atoms with Gasteiger partial charge in [-0.25, -0.2) is 0 Å². The molecule has 0 amide bonds. The standard InChI is InChI=1S/C28H27N3O11S/c1-13(32)38-12-21-23(39-14(2)33)24(40-15(3)34)25(41-16(4)35)27(42-21)31-26(36)19(10-29)22(20(11-30)28(31)43)17-6-8-18(37-5)9-7-17/h6-9,21,23-25,27,43H,12H2,1-5H3/t21-,23+,24+,25+,27-/m1/s1. The lowest BCUT2D eigenvalue weighted by atomic mass is 9.95. The molecular formula is C28H27N3O11S. The van der Waals surface area contributed by atoms with Gasteiger partial charge in [0.05, 0.1) is 17.7 Å². The zero-order chi connectivity index (χ0) is 32.0. The molecule has 0 aliphatic carbocycles. The highest BCUT2D eigenvalue weighted by atomic mass is 32.1. The number of nitriles is 2. The Labute approximate surface area is 251 Å². The third kappa shape index (κ3) is 7.14. The maximum absolute atomic E-state index is 14.0. The van der Waals surface area contributed by atoms with Crippen molar-refractivity contribution >= 4 is 36.5 Å². The Morgan fingerprint density at radius 1 is 0.860 bits per heavy atom. The predicted molar refractivity (Wildman–Crippen MR) is 147 cm³/mol. The number of rotatable bonds is 8. The molecule has 2 heterocycles. The average Bonchev–Trinajstić information content (AvgIpc) is 2.94. The van der Waals surface area contributed by atoms with Gasteiger partial charge in [-0.15, -0.1) is 12.6 Å². The number of carbonyl (C=O) groups excluding carboxylic acids is 4. The Bertz CT molecular complexity index is 1570. The van der Waals surface area contributed by atoms with Crippen molar-refractivity contribution in [2.75, 3.05) is 13.7 Å². The van der Waals surface area contributed by atoms with E-state index in [0.717, 1.165) is 32.3 Å². The van der Waals surface area contributed by atoms with Gasteiger partial charge in [0.2, 0.25) is 0 Å². The number of hydrogen-bond donors (Lipinski definition) is 1. The minimum Gasteiger partial charge on any atom is -0.497 e. The molecule has 0 radical (unpaired) electrons. The number of hydrogen-bond acceptors (Lipinski definition) is 14. The molecule has 5 atom stereocenters. The van der Waals surface area contributed by atoms with Crippen molar-refractivity contribution in [2.45, 2.75) is 63.4 Å². The number of methoxy groups -OCH3 is 1. The maximum Gasteiger partial charge on any atom is 0.303 e. The van der Waals surface area contributed by atoms with Crippen LogP contribution >= 0.6 is 12.6 Å². The summed E-state index contributed by atoms with van der Waals surface area (Å²) in [6.45, 7) is 3.70. The second kappa shape index (κ2) is 13.9. The molecule has 0 unspecified atom stereocenters. The van der Waals surface area contributed by atoms with Crippen LogP contribution < -0.4 is 10.3 Å². The number of esters is 4. The van der Waals surface area contributed by atoms with E-state index in [0.29, 0.717) is 11.3 Å². The largest absolute Gasteiger partial charge is 0.497 e. The number of carbonyl (C=O) groups is 4. The first-order chi connectivity index (χ1) is 20.3. The zero-order valence-electron chi connectivity index (χ0n) is 23.7. The van der Waals surface area contributed by atoms with Crippen LogP contribution in [0.1, 0.15) is 45.0 Å². The molecule has 3 rings (SSSR count). The fourth-order valence-corrected chi connectivity index (χ4v) is 4.95. The predicted octanol–water partition coefficient (Wildman–Crippen LogP) is 1.81. The quantitative estimate of drug-likeness (QED) is 0.258. The molecule has 1 aromatic heterocycles. The summed E-state index contributed by atoms with van der Waals surface area (Å²) in [5.74, 6) is -2.87. The van der Waals surface area contributed by atoms with Gasteiger partial charge in [-0.05, 0) is 17.7 Å². The summed E-state index contributed by atoms with van der Waals surface area (Å²) in [6, 6.07) is 10.00. The Hall–Kier alpha value is -4.86. The summed E-state index contributed by atoms with van der Waals surface area (Å²) in [7, 11) is 1.46. The molecule has 43 heavy (non-hydrogen) atoms. The highest BCUT2D eigenvalue weighted by molar-refractivity contribution is 7.80. The molecule has 1 fully saturated rings. The van der Waals surface area contributed by atoms with E-state index in [1.165, 1.54) is 7.11 Å². The Morgan fingerprint density at radius 3 is 1.88 bits per heavy atom. The first-order valence-corrected chi connectivity index (χ1v) is 13.1. The van der Waals surface area contributed by atoms with E-state index in [1.54, 1.807) is 24.3 Å². The molecule has 1 aliphatic rings. The highest BCUT2D eigenvalue weighted by Gasteiger charge is 2.53. The maximum atomic E-state index is 14.0. The topological polar surface area (TPSA) is 193 Å². The van der Waals surface area contributed by atoms with Gasteiger partial charge in [-0.1, -0.05) is 12.1 Å². The molecule has 14 nitrogen and oxygen atoms in total. The second-order valence-corrected chi connectivity index (χ2v) is 9.59. The second-order valence-electron chi connectivity index (χ2n) is 9.17. The van der Waals surface area contributed by atoms with Crippen LogP contribution in [0.2, 0.25) is 0 Å². The minimum atomic E-state index is -1.72. The van der Waals surface area contributed by atoms with E-state index >= 15 is 0 Å². The fraction of sp³-hybridized carbons (Fsp3) is 0.393. The first-order valence-electron chi connectivity index (χ1n) is 12.6. The molecule has 1 aliphatic heterocycles. The monoisotopic (exact) mass is 613 g/mol. The van der Waals surface area contributed by atoms with Gasteiger partial charge in [0.25, 0.3) is 5.56 Å². The van der Waals surface area contributed by atoms with Crippen LogP contribution in [0.5, 0.6) is 5.75 Å². The molecule has 1 saturated heterocycles. The summed E-state index contributed by atoms with van der Waals surface area (Å²) >= 11 is 4.45. The van der Waals surface area contributed by atoms with Gasteiger partial charge >= 0.3 is 23.9 Å². The van der Waals surface area contributed by atoms with E-state index in [-0.39, 0.29) is 16.2 Å². The van der Waals surface area contributed by atoms with Crippen molar-refractivity contribution in [1.29, 1.82) is 10.5 Å². The van der Waals surface area contributed by atoms with Gasteiger partial charge in [0.1, 0.15) is 36.2 Å². The van der Waals surface area contributed by atoms with Crippen LogP contribution in [0, 0.1) is 22.7 Å². The highest BCUT2D eigenvalue weighted by Crippen LogP contribution is 2.38. The van der Waals surface area contributed by atoms with Crippen molar-refractivity contribution in [3.05, 3.63) is 45.7 Å². The minimum absolute atomic E-state index is 0.0236. The van der Waals surface area contributed by atoms with Crippen LogP contribution in [0.15, 0.2) is 34.1 Å². The summed E-state index contributed by atoms with van der Waals surface area (Å²) < 4.78 is 33.3. The van der Waals surface area contributed by atoms with Crippen molar-refractivity contribution in [3.8, 4) is 29.0 Å². The number of benzene rings is 1. The average molecular weight is 614 g/mol. The summed E-state index contributed by atoms with van der Waals surface area (Å²) in [5, 5.41) is 19.9. The lowest BCUT2D eigenvalue weighted by Gasteiger charge is -2.45. The summed E-state index contributed by atoms with van der Waals surface area (Å²) in [4.78, 5) is 62.0. The summed E-state index contributed by atoms with van der Waals surface area (Å²) in [6.07, 6.45) is -7.85. The SMILES string of the molecule is COc1ccc(-c2c(C#N)c(S)n([C@@H]3O[C@H](COC(C)=O)[C@H](OC(C)=O)[C@H](OC(C)=O)[C@@H]3OC(C)=O)c(=O)c2C#N)cc1. The third-order valence-electron chi connectivity index (χ3n) is 6.21. The number of nitrogens with zero attached hydrogens (tertiary/aromatic N) is 3. The van der Waals surface area contributed by atoms with Gasteiger partial charge in [-0.3, -0.25) is 28.5 Å². The van der Waals surface area contributed by atoms with Crippen molar-refractivity contribution in [1.82, 2.24) is 4.57 Å². The van der Waals surface area contributed by atoms with E-state index in [4.69, 9.17) is 28.4 Å². The fourth-order valence-electron chi connectivity index (χ4n) is 4.59. The van der Waals surface area contributed by atoms with E-state index in [1.807, 2.05) is 12.1 Å². The van der Waals surface area contributed by atoms with Gasteiger partial charge in [-0.2, -0.15) is 10.5 Å². The molecule has 226 valence electrons. The van der Waals surface area contributed by atoms with Crippen molar-refractivity contribution in [2.24, 2.45) is 0 Å². The van der Waals surface area contributed by atoms with Gasteiger partial charge < -0.3 is 28.4 Å². The number of thiol groups is 1. The van der Waals surface area contributed by atoms with Crippen LogP contribution in [-0.2, 0) is 42.9 Å². The molecule has 1 aromatic carbocycles. The smallest absolute Gasteiger partial charge is 0.303 e. The lowest BCUT2D eigenvalue weighted by molar-refractivity contribution is -0.270. The van der Waals surface area contributed by atoms with E-state index in [9.17, 15) is 34.5 Å². The summed E-state index contributed by atoms with van der Waals surface area (Å²) in [5.41, 5.74) is -1.39. The number of ether oxygens (including phenoxy) is 6. The van der Waals surface area contributed by atoms with Crippen LogP contribution in [0.25, 0.3) is 11.1 Å². The van der Waals surface area contributed by atoms with Crippen LogP contribution in [-0.4, -0.2) is 66.6 Å². The van der Waals surface area contributed by atoms with Crippen LogP contribution in [0.4, 0.5) is 0 Å². The number of pyridine rings is 1. The number of aromatic nitrogens is 1. The van der Waals surface area contributed by atoms with E-state index < -0.39 is 72.3 Å². The Kier molecular flexibility index (Phi) is 10.5. The lowest BCUT2D eigenvalue weighted by Crippen LogP contribution is -2.61. The Balaban J connectivity index is 2.35. The van der Waals surface area contributed by atoms with Crippen LogP contribution in [0.3, 0.4) is 0 Å². The molecule has 0 saturated carbocycles. The van der Waals surface area contributed by atoms with Gasteiger partial charge in [0.15, 0.2) is 24.5 Å².